The highest BCUT2D eigenvalue weighted by atomic mass is 14.8. The molecule has 0 saturated heterocycles. The van der Waals surface area contributed by atoms with E-state index in [9.17, 15) is 0 Å². The summed E-state index contributed by atoms with van der Waals surface area (Å²) < 4.78 is 0. The fourth-order valence-corrected chi connectivity index (χ4v) is 1.53. The van der Waals surface area contributed by atoms with Gasteiger partial charge >= 0.3 is 0 Å². The monoisotopic (exact) mass is 188 g/mol. The van der Waals surface area contributed by atoms with Crippen molar-refractivity contribution in [2.24, 2.45) is 0 Å². The van der Waals surface area contributed by atoms with Crippen molar-refractivity contribution >= 4 is 6.08 Å². The van der Waals surface area contributed by atoms with Gasteiger partial charge in [0, 0.05) is 11.6 Å². The average molecular weight is 188 g/mol. The van der Waals surface area contributed by atoms with Crippen LogP contribution in [-0.2, 0) is 11.8 Å². The molecular formula is C12H16N2. The molecule has 0 spiro atoms. The summed E-state index contributed by atoms with van der Waals surface area (Å²) in [5.41, 5.74) is 3.36. The number of rotatable bonds is 0. The zero-order valence-electron chi connectivity index (χ0n) is 9.04. The molecule has 1 aliphatic carbocycles. The molecule has 0 atom stereocenters. The van der Waals surface area contributed by atoms with Crippen LogP contribution >= 0.6 is 0 Å². The van der Waals surface area contributed by atoms with Crippen LogP contribution in [0.5, 0.6) is 0 Å². The third-order valence-electron chi connectivity index (χ3n) is 2.47. The summed E-state index contributed by atoms with van der Waals surface area (Å²) in [5.74, 6) is 0. The van der Waals surface area contributed by atoms with Crippen molar-refractivity contribution in [1.29, 1.82) is 0 Å². The summed E-state index contributed by atoms with van der Waals surface area (Å²) in [6.45, 7) is 6.49. The van der Waals surface area contributed by atoms with Crippen LogP contribution in [0.25, 0.3) is 6.08 Å². The van der Waals surface area contributed by atoms with E-state index in [-0.39, 0.29) is 5.41 Å². The Balaban J connectivity index is 2.45. The molecule has 0 fully saturated rings. The lowest BCUT2D eigenvalue weighted by atomic mass is 9.92. The van der Waals surface area contributed by atoms with E-state index in [0.29, 0.717) is 0 Å². The summed E-state index contributed by atoms with van der Waals surface area (Å²) in [6.07, 6.45) is 8.29. The number of aryl methyl sites for hydroxylation is 1. The molecule has 0 N–H and O–H groups in total. The number of nitrogens with zero attached hydrogens (tertiary/aromatic N) is 2. The van der Waals surface area contributed by atoms with E-state index in [2.05, 4.69) is 42.9 Å². The second kappa shape index (κ2) is 3.19. The first-order valence-corrected chi connectivity index (χ1v) is 5.10. The zero-order chi connectivity index (χ0) is 10.2. The minimum absolute atomic E-state index is 0.0906. The molecule has 1 aliphatic rings. The Morgan fingerprint density at radius 1 is 1.29 bits per heavy atom. The molecule has 0 unspecified atom stereocenters. The van der Waals surface area contributed by atoms with E-state index in [1.807, 2.05) is 6.20 Å². The lowest BCUT2D eigenvalue weighted by Crippen LogP contribution is -2.16. The number of aromatic nitrogens is 2. The largest absolute Gasteiger partial charge is 0.257 e. The first-order valence-electron chi connectivity index (χ1n) is 5.10. The molecule has 0 aromatic carbocycles. The Bertz CT molecular complexity index is 372. The topological polar surface area (TPSA) is 25.8 Å². The molecule has 0 aliphatic heterocycles. The van der Waals surface area contributed by atoms with Crippen molar-refractivity contribution in [1.82, 2.24) is 9.97 Å². The molecule has 1 heterocycles. The van der Waals surface area contributed by atoms with E-state index in [4.69, 9.17) is 0 Å². The van der Waals surface area contributed by atoms with E-state index in [1.165, 1.54) is 0 Å². The highest BCUT2D eigenvalue weighted by Crippen LogP contribution is 2.22. The predicted octanol–water partition coefficient (Wildman–Crippen LogP) is 2.73. The Morgan fingerprint density at radius 3 is 2.79 bits per heavy atom. The van der Waals surface area contributed by atoms with Gasteiger partial charge in [0.1, 0.15) is 0 Å². The summed E-state index contributed by atoms with van der Waals surface area (Å²) in [4.78, 5) is 9.11. The molecule has 0 saturated carbocycles. The van der Waals surface area contributed by atoms with Gasteiger partial charge in [-0.05, 0) is 18.9 Å². The molecule has 0 amide bonds. The molecule has 1 aromatic heterocycles. The molecule has 2 heteroatoms. The molecule has 2 nitrogen and oxygen atoms in total. The normalized spacial score (nSPS) is 15.4. The van der Waals surface area contributed by atoms with E-state index in [1.54, 1.807) is 0 Å². The van der Waals surface area contributed by atoms with Crippen LogP contribution in [0.4, 0.5) is 0 Å². The molecule has 0 bridgehead atoms. The molecule has 2 rings (SSSR count). The van der Waals surface area contributed by atoms with Crippen molar-refractivity contribution in [3.8, 4) is 0 Å². The molecule has 0 radical (unpaired) electrons. The van der Waals surface area contributed by atoms with Crippen molar-refractivity contribution < 1.29 is 0 Å². The van der Waals surface area contributed by atoms with Crippen LogP contribution in [0.3, 0.4) is 0 Å². The first kappa shape index (κ1) is 9.38. The minimum Gasteiger partial charge on any atom is -0.257 e. The van der Waals surface area contributed by atoms with Crippen LogP contribution in [0.2, 0.25) is 0 Å². The van der Waals surface area contributed by atoms with Crippen LogP contribution in [-0.4, -0.2) is 9.97 Å². The fourth-order valence-electron chi connectivity index (χ4n) is 1.53. The zero-order valence-corrected chi connectivity index (χ0v) is 9.04. The highest BCUT2D eigenvalue weighted by molar-refractivity contribution is 5.50. The SMILES string of the molecule is CC(C)(C)c1cnc2c(n1)C=CCC2. The van der Waals surface area contributed by atoms with Crippen molar-refractivity contribution in [3.05, 3.63) is 29.4 Å². The van der Waals surface area contributed by atoms with Crippen molar-refractivity contribution in [3.63, 3.8) is 0 Å². The van der Waals surface area contributed by atoms with Crippen molar-refractivity contribution in [2.75, 3.05) is 0 Å². The third kappa shape index (κ3) is 1.69. The Labute approximate surface area is 85.1 Å². The summed E-state index contributed by atoms with van der Waals surface area (Å²) in [7, 11) is 0. The molecule has 1 aromatic rings. The van der Waals surface area contributed by atoms with Gasteiger partial charge in [-0.3, -0.25) is 4.98 Å². The van der Waals surface area contributed by atoms with Gasteiger partial charge in [0.2, 0.25) is 0 Å². The van der Waals surface area contributed by atoms with Gasteiger partial charge in [-0.15, -0.1) is 0 Å². The summed E-state index contributed by atoms with van der Waals surface area (Å²) in [6, 6.07) is 0. The number of hydrogen-bond acceptors (Lipinski definition) is 2. The average Bonchev–Trinajstić information content (AvgIpc) is 2.16. The predicted molar refractivity (Wildman–Crippen MR) is 58.1 cm³/mol. The number of fused-ring (bicyclic) bond motifs is 1. The smallest absolute Gasteiger partial charge is 0.0845 e. The lowest BCUT2D eigenvalue weighted by molar-refractivity contribution is 0.562. The van der Waals surface area contributed by atoms with Gasteiger partial charge in [-0.1, -0.05) is 26.8 Å². The van der Waals surface area contributed by atoms with Gasteiger partial charge in [0.15, 0.2) is 0 Å². The highest BCUT2D eigenvalue weighted by Gasteiger charge is 2.18. The molecule has 14 heavy (non-hydrogen) atoms. The van der Waals surface area contributed by atoms with Gasteiger partial charge in [0.25, 0.3) is 0 Å². The molecular weight excluding hydrogens is 172 g/mol. The molecule has 74 valence electrons. The second-order valence-electron chi connectivity index (χ2n) is 4.78. The van der Waals surface area contributed by atoms with E-state index >= 15 is 0 Å². The van der Waals surface area contributed by atoms with Gasteiger partial charge < -0.3 is 0 Å². The summed E-state index contributed by atoms with van der Waals surface area (Å²) >= 11 is 0. The van der Waals surface area contributed by atoms with Gasteiger partial charge in [0.05, 0.1) is 17.1 Å². The quantitative estimate of drug-likeness (QED) is 0.625. The summed E-state index contributed by atoms with van der Waals surface area (Å²) in [5, 5.41) is 0. The Kier molecular flexibility index (Phi) is 2.14. The fraction of sp³-hybridized carbons (Fsp3) is 0.500. The van der Waals surface area contributed by atoms with Crippen LogP contribution < -0.4 is 0 Å². The van der Waals surface area contributed by atoms with Gasteiger partial charge in [-0.25, -0.2) is 4.98 Å². The van der Waals surface area contributed by atoms with E-state index < -0.39 is 0 Å². The number of hydrogen-bond donors (Lipinski definition) is 0. The Morgan fingerprint density at radius 2 is 2.07 bits per heavy atom. The van der Waals surface area contributed by atoms with Gasteiger partial charge in [-0.2, -0.15) is 0 Å². The van der Waals surface area contributed by atoms with Crippen LogP contribution in [0.15, 0.2) is 12.3 Å². The maximum Gasteiger partial charge on any atom is 0.0845 e. The maximum absolute atomic E-state index is 4.64. The maximum atomic E-state index is 4.64. The van der Waals surface area contributed by atoms with Crippen LogP contribution in [0.1, 0.15) is 44.3 Å². The standard InChI is InChI=1S/C12H16N2/c1-12(2,3)11-8-13-9-6-4-5-7-10(9)14-11/h5,7-8H,4,6H2,1-3H3. The minimum atomic E-state index is 0.0906. The first-order chi connectivity index (χ1) is 6.57. The van der Waals surface area contributed by atoms with Crippen molar-refractivity contribution in [2.45, 2.75) is 39.0 Å². The Hall–Kier alpha value is -1.18. The number of allylic oxidation sites excluding steroid dienone is 1. The van der Waals surface area contributed by atoms with E-state index in [0.717, 1.165) is 29.9 Å². The third-order valence-corrected chi connectivity index (χ3v) is 2.47. The van der Waals surface area contributed by atoms with Crippen LogP contribution in [0, 0.1) is 0 Å². The lowest BCUT2D eigenvalue weighted by Gasteiger charge is -2.19. The second-order valence-corrected chi connectivity index (χ2v) is 4.78.